The third-order valence-electron chi connectivity index (χ3n) is 3.87. The van der Waals surface area contributed by atoms with Crippen molar-refractivity contribution in [2.24, 2.45) is 0 Å². The number of rotatable bonds is 4. The molecule has 2 N–H and O–H groups in total. The van der Waals surface area contributed by atoms with Gasteiger partial charge in [0.2, 0.25) is 11.9 Å². The van der Waals surface area contributed by atoms with E-state index in [1.54, 1.807) is 18.9 Å². The molecule has 0 radical (unpaired) electrons. The Bertz CT molecular complexity index is 868. The van der Waals surface area contributed by atoms with Crippen LogP contribution in [0.2, 0.25) is 0 Å². The maximum absolute atomic E-state index is 5.28. The van der Waals surface area contributed by atoms with Crippen molar-refractivity contribution in [2.75, 3.05) is 24.9 Å². The van der Waals surface area contributed by atoms with Crippen LogP contribution in [0.15, 0.2) is 42.5 Å². The molecule has 1 aliphatic heterocycles. The van der Waals surface area contributed by atoms with Crippen molar-refractivity contribution in [2.45, 2.75) is 6.54 Å². The van der Waals surface area contributed by atoms with Gasteiger partial charge in [-0.2, -0.15) is 9.67 Å². The molecule has 0 saturated heterocycles. The van der Waals surface area contributed by atoms with Crippen molar-refractivity contribution in [3.05, 3.63) is 48.0 Å². The maximum Gasteiger partial charge on any atom is 0.248 e. The standard InChI is InChI=1S/C17H17N5O2/c1-23-13-7-12(8-14(9-13)24-2)19-16-20-17-18-10-11-5-3-4-6-15(11)22(17)21-16/h3-9H,10H2,1-2H3,(H2,18,19,20,21). The van der Waals surface area contributed by atoms with Gasteiger partial charge in [-0.3, -0.25) is 0 Å². The van der Waals surface area contributed by atoms with Crippen molar-refractivity contribution in [1.82, 2.24) is 14.8 Å². The molecule has 0 fully saturated rings. The van der Waals surface area contributed by atoms with Crippen LogP contribution in [-0.4, -0.2) is 29.0 Å². The van der Waals surface area contributed by atoms with Gasteiger partial charge in [0.05, 0.1) is 19.9 Å². The van der Waals surface area contributed by atoms with Gasteiger partial charge >= 0.3 is 0 Å². The summed E-state index contributed by atoms with van der Waals surface area (Å²) in [6, 6.07) is 13.7. The Morgan fingerprint density at radius 1 is 1.08 bits per heavy atom. The molecule has 0 amide bonds. The summed E-state index contributed by atoms with van der Waals surface area (Å²) in [5.74, 6) is 2.61. The van der Waals surface area contributed by atoms with Crippen molar-refractivity contribution < 1.29 is 9.47 Å². The molecular weight excluding hydrogens is 306 g/mol. The van der Waals surface area contributed by atoms with E-state index in [-0.39, 0.29) is 0 Å². The largest absolute Gasteiger partial charge is 0.497 e. The fourth-order valence-electron chi connectivity index (χ4n) is 2.70. The van der Waals surface area contributed by atoms with Gasteiger partial charge in [0, 0.05) is 30.4 Å². The van der Waals surface area contributed by atoms with Crippen LogP contribution in [0.1, 0.15) is 5.56 Å². The number of benzene rings is 2. The van der Waals surface area contributed by atoms with Crippen molar-refractivity contribution in [1.29, 1.82) is 0 Å². The summed E-state index contributed by atoms with van der Waals surface area (Å²) in [5.41, 5.74) is 3.02. The minimum atomic E-state index is 0.504. The Labute approximate surface area is 139 Å². The van der Waals surface area contributed by atoms with E-state index in [9.17, 15) is 0 Å². The second-order valence-electron chi connectivity index (χ2n) is 5.38. The second kappa shape index (κ2) is 5.77. The number of fused-ring (bicyclic) bond motifs is 3. The molecule has 2 aromatic carbocycles. The van der Waals surface area contributed by atoms with Crippen LogP contribution in [0.5, 0.6) is 11.5 Å². The molecule has 1 aliphatic rings. The highest BCUT2D eigenvalue weighted by Gasteiger charge is 2.19. The minimum absolute atomic E-state index is 0.504. The first kappa shape index (κ1) is 14.4. The lowest BCUT2D eigenvalue weighted by Gasteiger charge is -2.17. The first-order chi connectivity index (χ1) is 11.8. The van der Waals surface area contributed by atoms with E-state index >= 15 is 0 Å². The average Bonchev–Trinajstić information content (AvgIpc) is 3.04. The van der Waals surface area contributed by atoms with Crippen LogP contribution >= 0.6 is 0 Å². The molecule has 0 unspecified atom stereocenters. The fraction of sp³-hybridized carbons (Fsp3) is 0.176. The molecule has 7 nitrogen and oxygen atoms in total. The molecule has 2 heterocycles. The van der Waals surface area contributed by atoms with Crippen LogP contribution < -0.4 is 20.1 Å². The van der Waals surface area contributed by atoms with E-state index in [1.165, 1.54) is 5.56 Å². The number of ether oxygens (including phenoxy) is 2. The Morgan fingerprint density at radius 3 is 2.58 bits per heavy atom. The molecule has 4 rings (SSSR count). The molecule has 0 spiro atoms. The zero-order valence-corrected chi connectivity index (χ0v) is 13.4. The van der Waals surface area contributed by atoms with E-state index in [0.29, 0.717) is 23.4 Å². The molecule has 0 bridgehead atoms. The average molecular weight is 323 g/mol. The zero-order chi connectivity index (χ0) is 16.5. The van der Waals surface area contributed by atoms with Gasteiger partial charge in [-0.05, 0) is 11.6 Å². The monoisotopic (exact) mass is 323 g/mol. The van der Waals surface area contributed by atoms with Gasteiger partial charge in [-0.1, -0.05) is 18.2 Å². The Balaban J connectivity index is 1.67. The molecule has 0 saturated carbocycles. The Kier molecular flexibility index (Phi) is 3.45. The van der Waals surface area contributed by atoms with E-state index < -0.39 is 0 Å². The summed E-state index contributed by atoms with van der Waals surface area (Å²) in [6.45, 7) is 0.737. The lowest BCUT2D eigenvalue weighted by Crippen LogP contribution is -2.15. The molecular formula is C17H17N5O2. The number of nitrogens with zero attached hydrogens (tertiary/aromatic N) is 3. The van der Waals surface area contributed by atoms with Crippen LogP contribution in [0.25, 0.3) is 5.69 Å². The molecule has 24 heavy (non-hydrogen) atoms. The third-order valence-corrected chi connectivity index (χ3v) is 3.87. The summed E-state index contributed by atoms with van der Waals surface area (Å²) < 4.78 is 12.4. The van der Waals surface area contributed by atoms with Crippen molar-refractivity contribution in [3.8, 4) is 17.2 Å². The lowest BCUT2D eigenvalue weighted by atomic mass is 10.1. The molecule has 0 aliphatic carbocycles. The molecule has 3 aromatic rings. The summed E-state index contributed by atoms with van der Waals surface area (Å²) in [5, 5.41) is 11.0. The summed E-state index contributed by atoms with van der Waals surface area (Å²) in [4.78, 5) is 4.50. The van der Waals surface area contributed by atoms with Crippen molar-refractivity contribution in [3.63, 3.8) is 0 Å². The quantitative estimate of drug-likeness (QED) is 0.769. The number of aromatic nitrogens is 3. The van der Waals surface area contributed by atoms with Crippen LogP contribution in [-0.2, 0) is 6.54 Å². The lowest BCUT2D eigenvalue weighted by molar-refractivity contribution is 0.395. The number of anilines is 3. The molecule has 1 aromatic heterocycles. The van der Waals surface area contributed by atoms with Crippen LogP contribution in [0.3, 0.4) is 0 Å². The summed E-state index contributed by atoms with van der Waals surface area (Å²) in [6.07, 6.45) is 0. The van der Waals surface area contributed by atoms with Gasteiger partial charge < -0.3 is 20.1 Å². The molecule has 0 atom stereocenters. The van der Waals surface area contributed by atoms with Crippen LogP contribution in [0, 0.1) is 0 Å². The number of hydrogen-bond acceptors (Lipinski definition) is 6. The van der Waals surface area contributed by atoms with Crippen LogP contribution in [0.4, 0.5) is 17.6 Å². The first-order valence-electron chi connectivity index (χ1n) is 7.56. The first-order valence-corrected chi connectivity index (χ1v) is 7.56. The van der Waals surface area contributed by atoms with E-state index in [4.69, 9.17) is 9.47 Å². The van der Waals surface area contributed by atoms with Gasteiger partial charge in [0.25, 0.3) is 0 Å². The fourth-order valence-corrected chi connectivity index (χ4v) is 2.70. The van der Waals surface area contributed by atoms with Gasteiger partial charge in [0.15, 0.2) is 0 Å². The summed E-state index contributed by atoms with van der Waals surface area (Å²) in [7, 11) is 3.24. The maximum atomic E-state index is 5.28. The normalized spacial score (nSPS) is 11.9. The Hall–Kier alpha value is -3.22. The minimum Gasteiger partial charge on any atom is -0.497 e. The second-order valence-corrected chi connectivity index (χ2v) is 5.38. The smallest absolute Gasteiger partial charge is 0.248 e. The number of methoxy groups -OCH3 is 2. The predicted octanol–water partition coefficient (Wildman–Crippen LogP) is 2.95. The summed E-state index contributed by atoms with van der Waals surface area (Å²) >= 11 is 0. The third kappa shape index (κ3) is 2.50. The predicted molar refractivity (Wildman–Crippen MR) is 91.5 cm³/mol. The SMILES string of the molecule is COc1cc(Nc2nc3n(n2)-c2ccccc2CN3)cc(OC)c1. The molecule has 122 valence electrons. The number of nitrogens with one attached hydrogen (secondary N) is 2. The van der Waals surface area contributed by atoms with Crippen molar-refractivity contribution >= 4 is 17.6 Å². The van der Waals surface area contributed by atoms with Gasteiger partial charge in [0.1, 0.15) is 11.5 Å². The Morgan fingerprint density at radius 2 is 1.83 bits per heavy atom. The van der Waals surface area contributed by atoms with Gasteiger partial charge in [-0.25, -0.2) is 0 Å². The van der Waals surface area contributed by atoms with E-state index in [1.807, 2.05) is 36.4 Å². The highest BCUT2D eigenvalue weighted by atomic mass is 16.5. The highest BCUT2D eigenvalue weighted by Crippen LogP contribution is 2.29. The van der Waals surface area contributed by atoms with Gasteiger partial charge in [-0.15, -0.1) is 5.10 Å². The highest BCUT2D eigenvalue weighted by molar-refractivity contribution is 5.61. The zero-order valence-electron chi connectivity index (χ0n) is 13.4. The number of hydrogen-bond donors (Lipinski definition) is 2. The van der Waals surface area contributed by atoms with E-state index in [0.717, 1.165) is 17.9 Å². The number of para-hydroxylation sites is 1. The van der Waals surface area contributed by atoms with E-state index in [2.05, 4.69) is 26.8 Å². The topological polar surface area (TPSA) is 73.2 Å². The molecule has 7 heteroatoms.